The van der Waals surface area contributed by atoms with E-state index in [0.717, 1.165) is 115 Å². The molecule has 17 nitrogen and oxygen atoms in total. The Hall–Kier alpha value is -1.94. The first-order valence-corrected chi connectivity index (χ1v) is 40.5. The van der Waals surface area contributed by atoms with Crippen molar-refractivity contribution in [3.8, 4) is 0 Å². The van der Waals surface area contributed by atoms with Crippen molar-refractivity contribution in [1.82, 2.24) is 0 Å². The van der Waals surface area contributed by atoms with Crippen LogP contribution in [0.15, 0.2) is 0 Å². The molecule has 0 spiro atoms. The average Bonchev–Trinajstić information content (AvgIpc) is 3.63. The van der Waals surface area contributed by atoms with Crippen LogP contribution in [0.2, 0.25) is 0 Å². The first-order chi connectivity index (χ1) is 43.9. The van der Waals surface area contributed by atoms with Crippen LogP contribution in [-0.4, -0.2) is 96.7 Å². The van der Waals surface area contributed by atoms with Crippen LogP contribution < -0.4 is 0 Å². The number of aliphatic hydroxyl groups is 1. The molecule has 91 heavy (non-hydrogen) atoms. The molecule has 0 amide bonds. The van der Waals surface area contributed by atoms with Gasteiger partial charge in [-0.25, -0.2) is 9.13 Å². The molecule has 3 N–H and O–H groups in total. The molecule has 540 valence electrons. The van der Waals surface area contributed by atoms with E-state index in [-0.39, 0.29) is 25.7 Å². The van der Waals surface area contributed by atoms with Crippen LogP contribution in [0.25, 0.3) is 0 Å². The summed E-state index contributed by atoms with van der Waals surface area (Å²) in [6.45, 7) is 9.54. The highest BCUT2D eigenvalue weighted by molar-refractivity contribution is 7.47. The van der Waals surface area contributed by atoms with Gasteiger partial charge in [0.15, 0.2) is 12.2 Å². The third-order valence-corrected chi connectivity index (χ3v) is 18.6. The fourth-order valence-corrected chi connectivity index (χ4v) is 12.5. The lowest BCUT2D eigenvalue weighted by molar-refractivity contribution is -0.161. The molecule has 19 heteroatoms. The minimum absolute atomic E-state index is 0.106. The molecule has 0 heterocycles. The van der Waals surface area contributed by atoms with Gasteiger partial charge in [0.25, 0.3) is 0 Å². The first kappa shape index (κ1) is 89.1. The Kier molecular flexibility index (Phi) is 62.7. The third kappa shape index (κ3) is 66.5. The second-order valence-corrected chi connectivity index (χ2v) is 29.8. The molecule has 0 saturated heterocycles. The third-order valence-electron chi connectivity index (χ3n) is 16.7. The number of hydrogen-bond donors (Lipinski definition) is 3. The molecule has 0 aliphatic heterocycles. The number of carbonyl (C=O) groups is 4. The SMILES string of the molecule is CCCCCCCCCCCCCCCCCC(=O)OC[C@H](COP(=O)(O)OC[C@@H](O)COP(=O)(O)OC[C@@H](COC(=O)CCCCCCCCC)OC(=O)CCCCCCCCCCCCCC(C)C)OC(=O)CCCCCCCCCCCCCCC(C)C. The van der Waals surface area contributed by atoms with Gasteiger partial charge in [0.1, 0.15) is 19.3 Å². The van der Waals surface area contributed by atoms with Gasteiger partial charge in [-0.05, 0) is 37.5 Å². The largest absolute Gasteiger partial charge is 0.472 e. The van der Waals surface area contributed by atoms with E-state index in [4.69, 9.17) is 37.0 Å². The molecular weight excluding hydrogens is 1200 g/mol. The monoisotopic (exact) mass is 1340 g/mol. The molecule has 0 aliphatic rings. The minimum Gasteiger partial charge on any atom is -0.462 e. The molecule has 0 rings (SSSR count). The summed E-state index contributed by atoms with van der Waals surface area (Å²) in [7, 11) is -9.90. The number of phosphoric ester groups is 2. The standard InChI is InChI=1S/C72H140O17P2/c1-7-9-11-13-15-16-17-18-19-20-26-31-37-43-49-55-70(75)83-61-68(89-71(76)56-50-44-38-32-27-22-21-24-29-35-40-46-52-64(3)4)63-87-91(80,81)85-59-66(73)58-84-90(78,79)86-62-67(60-82-69(74)54-48-42-34-14-12-10-8-2)88-72(77)57-51-45-39-33-28-23-25-30-36-41-47-53-65(5)6/h64-68,73H,7-63H2,1-6H3,(H,78,79)(H,80,81)/t66-,67+,68+/m0/s1. The van der Waals surface area contributed by atoms with Crippen LogP contribution in [-0.2, 0) is 65.4 Å². The topological polar surface area (TPSA) is 237 Å². The minimum atomic E-state index is -4.95. The summed E-state index contributed by atoms with van der Waals surface area (Å²) in [5.41, 5.74) is 0. The average molecular weight is 1340 g/mol. The van der Waals surface area contributed by atoms with E-state index in [1.54, 1.807) is 0 Å². The van der Waals surface area contributed by atoms with Crippen LogP contribution >= 0.6 is 15.6 Å². The van der Waals surface area contributed by atoms with E-state index in [1.807, 2.05) is 0 Å². The number of rotatable bonds is 71. The Morgan fingerprint density at radius 3 is 0.747 bits per heavy atom. The highest BCUT2D eigenvalue weighted by Gasteiger charge is 2.30. The lowest BCUT2D eigenvalue weighted by atomic mass is 10.0. The van der Waals surface area contributed by atoms with Crippen LogP contribution in [0, 0.1) is 11.8 Å². The lowest BCUT2D eigenvalue weighted by Gasteiger charge is -2.21. The maximum absolute atomic E-state index is 13.0. The Morgan fingerprint density at radius 2 is 0.505 bits per heavy atom. The second kappa shape index (κ2) is 64.1. The zero-order chi connectivity index (χ0) is 67.2. The van der Waals surface area contributed by atoms with Gasteiger partial charge >= 0.3 is 39.5 Å². The zero-order valence-corrected chi connectivity index (χ0v) is 60.9. The summed E-state index contributed by atoms with van der Waals surface area (Å²) in [6, 6.07) is 0. The van der Waals surface area contributed by atoms with Gasteiger partial charge in [-0.15, -0.1) is 0 Å². The molecule has 2 unspecified atom stereocenters. The molecule has 0 saturated carbocycles. The molecular formula is C72H140O17P2. The van der Waals surface area contributed by atoms with Crippen molar-refractivity contribution in [1.29, 1.82) is 0 Å². The van der Waals surface area contributed by atoms with E-state index < -0.39 is 97.5 Å². The summed E-state index contributed by atoms with van der Waals surface area (Å²) >= 11 is 0. The van der Waals surface area contributed by atoms with Gasteiger partial charge in [-0.3, -0.25) is 37.3 Å². The highest BCUT2D eigenvalue weighted by Crippen LogP contribution is 2.45. The smallest absolute Gasteiger partial charge is 0.462 e. The first-order valence-electron chi connectivity index (χ1n) is 37.5. The van der Waals surface area contributed by atoms with Gasteiger partial charge in [-0.2, -0.15) is 0 Å². The molecule has 0 aromatic rings. The Morgan fingerprint density at radius 1 is 0.297 bits per heavy atom. The van der Waals surface area contributed by atoms with Crippen molar-refractivity contribution in [2.45, 2.75) is 387 Å². The lowest BCUT2D eigenvalue weighted by Crippen LogP contribution is -2.30. The highest BCUT2D eigenvalue weighted by atomic mass is 31.2. The van der Waals surface area contributed by atoms with Crippen molar-refractivity contribution < 1.29 is 80.2 Å². The maximum atomic E-state index is 13.0. The molecule has 0 fully saturated rings. The van der Waals surface area contributed by atoms with E-state index in [2.05, 4.69) is 41.5 Å². The van der Waals surface area contributed by atoms with E-state index in [9.17, 15) is 43.2 Å². The van der Waals surface area contributed by atoms with E-state index in [1.165, 1.54) is 173 Å². The molecule has 5 atom stereocenters. The summed E-state index contributed by atoms with van der Waals surface area (Å²) < 4.78 is 68.3. The van der Waals surface area contributed by atoms with Crippen molar-refractivity contribution >= 4 is 39.5 Å². The van der Waals surface area contributed by atoms with Crippen molar-refractivity contribution in [2.24, 2.45) is 11.8 Å². The molecule has 0 radical (unpaired) electrons. The van der Waals surface area contributed by atoms with Gasteiger partial charge in [0, 0.05) is 25.7 Å². The second-order valence-electron chi connectivity index (χ2n) is 26.9. The summed E-state index contributed by atoms with van der Waals surface area (Å²) in [6.07, 6.45) is 50.0. The van der Waals surface area contributed by atoms with E-state index >= 15 is 0 Å². The molecule has 0 aromatic heterocycles. The summed E-state index contributed by atoms with van der Waals surface area (Å²) in [4.78, 5) is 72.5. The Bertz CT molecular complexity index is 1770. The number of phosphoric acid groups is 2. The predicted octanol–water partition coefficient (Wildman–Crippen LogP) is 20.8. The number of ether oxygens (including phenoxy) is 4. The van der Waals surface area contributed by atoms with Crippen molar-refractivity contribution in [3.63, 3.8) is 0 Å². The normalized spacial score (nSPS) is 14.1. The predicted molar refractivity (Wildman–Crippen MR) is 368 cm³/mol. The fraction of sp³-hybridized carbons (Fsp3) is 0.944. The summed E-state index contributed by atoms with van der Waals surface area (Å²) in [5, 5.41) is 10.6. The van der Waals surface area contributed by atoms with Crippen LogP contribution in [0.3, 0.4) is 0 Å². The van der Waals surface area contributed by atoms with Gasteiger partial charge in [0.2, 0.25) is 0 Å². The van der Waals surface area contributed by atoms with Crippen molar-refractivity contribution in [3.05, 3.63) is 0 Å². The number of esters is 4. The molecule has 0 bridgehead atoms. The Labute approximate surface area is 556 Å². The molecule has 0 aliphatic carbocycles. The number of hydrogen-bond acceptors (Lipinski definition) is 15. The number of unbranched alkanes of at least 4 members (excludes halogenated alkanes) is 41. The number of carbonyl (C=O) groups excluding carboxylic acids is 4. The molecule has 0 aromatic carbocycles. The van der Waals surface area contributed by atoms with Gasteiger partial charge in [-0.1, -0.05) is 318 Å². The van der Waals surface area contributed by atoms with Crippen LogP contribution in [0.1, 0.15) is 369 Å². The van der Waals surface area contributed by atoms with Crippen LogP contribution in [0.5, 0.6) is 0 Å². The van der Waals surface area contributed by atoms with Crippen LogP contribution in [0.4, 0.5) is 0 Å². The summed E-state index contributed by atoms with van der Waals surface area (Å²) in [5.74, 6) is -0.582. The van der Waals surface area contributed by atoms with E-state index in [0.29, 0.717) is 25.7 Å². The van der Waals surface area contributed by atoms with Crippen molar-refractivity contribution in [2.75, 3.05) is 39.6 Å². The fourth-order valence-electron chi connectivity index (χ4n) is 10.9. The zero-order valence-electron chi connectivity index (χ0n) is 59.1. The quantitative estimate of drug-likeness (QED) is 0.0222. The van der Waals surface area contributed by atoms with Gasteiger partial charge in [0.05, 0.1) is 26.4 Å². The van der Waals surface area contributed by atoms with Gasteiger partial charge < -0.3 is 33.8 Å². The maximum Gasteiger partial charge on any atom is 0.472 e. The Balaban J connectivity index is 5.21. The number of aliphatic hydroxyl groups excluding tert-OH is 1.